The van der Waals surface area contributed by atoms with Gasteiger partial charge in [-0.1, -0.05) is 41.9 Å². The number of halogens is 1. The van der Waals surface area contributed by atoms with Crippen LogP contribution in [0.5, 0.6) is 0 Å². The first-order chi connectivity index (χ1) is 16.0. The van der Waals surface area contributed by atoms with Crippen molar-refractivity contribution in [3.8, 4) is 16.9 Å². The molecule has 2 aromatic carbocycles. The Labute approximate surface area is 201 Å². The Morgan fingerprint density at radius 3 is 2.45 bits per heavy atom. The number of carbonyl (C=O) groups excluding carboxylic acids is 1. The first-order valence-corrected chi connectivity index (χ1v) is 12.0. The van der Waals surface area contributed by atoms with Gasteiger partial charge in [-0.3, -0.25) is 4.79 Å². The molecule has 0 aliphatic carbocycles. The minimum absolute atomic E-state index is 0.0980. The maximum Gasteiger partial charge on any atom is 0.286 e. The van der Waals surface area contributed by atoms with Crippen molar-refractivity contribution in [1.29, 1.82) is 0 Å². The Balaban J connectivity index is 1.49. The van der Waals surface area contributed by atoms with Crippen molar-refractivity contribution < 1.29 is 9.53 Å². The summed E-state index contributed by atoms with van der Waals surface area (Å²) in [6, 6.07) is 17.4. The summed E-state index contributed by atoms with van der Waals surface area (Å²) in [6.07, 6.45) is 4.02. The highest BCUT2D eigenvalue weighted by Crippen LogP contribution is 2.34. The van der Waals surface area contributed by atoms with Gasteiger partial charge in [0.15, 0.2) is 5.17 Å². The van der Waals surface area contributed by atoms with Crippen LogP contribution in [-0.4, -0.2) is 51.1 Å². The number of aromatic nitrogens is 2. The molecule has 2 unspecified atom stereocenters. The Morgan fingerprint density at radius 1 is 1.06 bits per heavy atom. The van der Waals surface area contributed by atoms with Gasteiger partial charge in [0.05, 0.1) is 28.5 Å². The molecule has 1 fully saturated rings. The van der Waals surface area contributed by atoms with E-state index in [-0.39, 0.29) is 18.1 Å². The summed E-state index contributed by atoms with van der Waals surface area (Å²) < 4.78 is 7.64. The van der Waals surface area contributed by atoms with E-state index in [1.54, 1.807) is 0 Å². The van der Waals surface area contributed by atoms with Crippen LogP contribution in [0.3, 0.4) is 0 Å². The number of nitrogens with zero attached hydrogens (tertiary/aromatic N) is 4. The van der Waals surface area contributed by atoms with Crippen LogP contribution in [0.1, 0.15) is 19.4 Å². The van der Waals surface area contributed by atoms with Gasteiger partial charge < -0.3 is 9.64 Å². The Kier molecular flexibility index (Phi) is 6.10. The number of carbonyl (C=O) groups is 1. The molecule has 0 bridgehead atoms. The summed E-state index contributed by atoms with van der Waals surface area (Å²) in [5, 5.41) is 6.22. The molecule has 8 heteroatoms. The number of thioether (sulfide) groups is 1. The predicted octanol–water partition coefficient (Wildman–Crippen LogP) is 5.27. The third-order valence-electron chi connectivity index (χ3n) is 5.47. The van der Waals surface area contributed by atoms with E-state index in [9.17, 15) is 4.79 Å². The van der Waals surface area contributed by atoms with E-state index in [1.165, 1.54) is 11.8 Å². The van der Waals surface area contributed by atoms with Crippen molar-refractivity contribution in [3.63, 3.8) is 0 Å². The second-order valence-electron chi connectivity index (χ2n) is 8.19. The second-order valence-corrected chi connectivity index (χ2v) is 9.64. The van der Waals surface area contributed by atoms with Gasteiger partial charge in [0.2, 0.25) is 0 Å². The molecule has 3 aromatic rings. The van der Waals surface area contributed by atoms with Crippen molar-refractivity contribution in [1.82, 2.24) is 14.7 Å². The molecule has 2 atom stereocenters. The van der Waals surface area contributed by atoms with E-state index >= 15 is 0 Å². The number of morpholine rings is 1. The van der Waals surface area contributed by atoms with Gasteiger partial charge in [-0.2, -0.15) is 10.1 Å². The Bertz CT molecular complexity index is 1230. The fourth-order valence-electron chi connectivity index (χ4n) is 4.05. The average Bonchev–Trinajstić information content (AvgIpc) is 3.38. The molecule has 0 radical (unpaired) electrons. The van der Waals surface area contributed by atoms with E-state index in [1.807, 2.05) is 85.4 Å². The van der Waals surface area contributed by atoms with E-state index in [0.717, 1.165) is 40.8 Å². The quantitative estimate of drug-likeness (QED) is 0.480. The highest BCUT2D eigenvalue weighted by molar-refractivity contribution is 8.18. The number of ether oxygens (including phenoxy) is 1. The van der Waals surface area contributed by atoms with Gasteiger partial charge >= 0.3 is 0 Å². The average molecular weight is 479 g/mol. The topological polar surface area (TPSA) is 59.7 Å². The molecule has 0 spiro atoms. The van der Waals surface area contributed by atoms with E-state index in [4.69, 9.17) is 21.4 Å². The van der Waals surface area contributed by atoms with Crippen LogP contribution in [0.2, 0.25) is 5.02 Å². The highest BCUT2D eigenvalue weighted by atomic mass is 35.5. The van der Waals surface area contributed by atoms with Crippen molar-refractivity contribution in [3.05, 3.63) is 76.3 Å². The number of para-hydroxylation sites is 1. The summed E-state index contributed by atoms with van der Waals surface area (Å²) in [6.45, 7) is 5.52. The number of aliphatic imine (C=N–C) groups is 1. The molecule has 5 rings (SSSR count). The zero-order chi connectivity index (χ0) is 22.9. The molecule has 2 aliphatic rings. The zero-order valence-corrected chi connectivity index (χ0v) is 19.9. The molecule has 1 saturated heterocycles. The van der Waals surface area contributed by atoms with Gasteiger partial charge in [-0.05, 0) is 56.0 Å². The minimum Gasteiger partial charge on any atom is -0.372 e. The number of amides is 1. The molecule has 2 aliphatic heterocycles. The number of rotatable bonds is 3. The standard InChI is InChI=1S/C25H23ClN4O2S/c1-16-13-29(14-17(2)32-16)25-27-24(31)22(33-25)12-19-15-30(21-6-4-3-5-7-21)28-23(19)18-8-10-20(26)11-9-18/h3-12,15-17H,13-14H2,1-2H3/b22-12-. The first kappa shape index (κ1) is 21.9. The molecule has 3 heterocycles. The summed E-state index contributed by atoms with van der Waals surface area (Å²) >= 11 is 7.50. The predicted molar refractivity (Wildman–Crippen MR) is 134 cm³/mol. The van der Waals surface area contributed by atoms with Crippen LogP contribution >= 0.6 is 23.4 Å². The van der Waals surface area contributed by atoms with E-state index in [0.29, 0.717) is 9.93 Å². The van der Waals surface area contributed by atoms with Crippen LogP contribution in [0, 0.1) is 0 Å². The number of hydrogen-bond acceptors (Lipinski definition) is 5. The van der Waals surface area contributed by atoms with Crippen molar-refractivity contribution in [2.24, 2.45) is 4.99 Å². The highest BCUT2D eigenvalue weighted by Gasteiger charge is 2.31. The first-order valence-electron chi connectivity index (χ1n) is 10.8. The fraction of sp³-hybridized carbons (Fsp3) is 0.240. The molecule has 0 saturated carbocycles. The minimum atomic E-state index is -0.226. The Hall–Kier alpha value is -2.87. The molecule has 1 aromatic heterocycles. The van der Waals surface area contributed by atoms with Gasteiger partial charge in [0.1, 0.15) is 0 Å². The Morgan fingerprint density at radius 2 is 1.76 bits per heavy atom. The summed E-state index contributed by atoms with van der Waals surface area (Å²) in [5.41, 5.74) is 3.49. The maximum atomic E-state index is 12.8. The summed E-state index contributed by atoms with van der Waals surface area (Å²) in [5.74, 6) is -0.226. The van der Waals surface area contributed by atoms with Gasteiger partial charge in [-0.25, -0.2) is 4.68 Å². The van der Waals surface area contributed by atoms with E-state index < -0.39 is 0 Å². The lowest BCUT2D eigenvalue weighted by atomic mass is 10.1. The SMILES string of the molecule is CC1CN(C2=NC(=O)/C(=C/c3cn(-c4ccccc4)nc3-c3ccc(Cl)cc3)S2)CC(C)O1. The van der Waals surface area contributed by atoms with Crippen molar-refractivity contribution in [2.45, 2.75) is 26.1 Å². The van der Waals surface area contributed by atoms with Gasteiger partial charge in [0, 0.05) is 35.4 Å². The normalized spacial score (nSPS) is 22.2. The molecular weight excluding hydrogens is 456 g/mol. The molecule has 6 nitrogen and oxygen atoms in total. The smallest absolute Gasteiger partial charge is 0.286 e. The van der Waals surface area contributed by atoms with Crippen LogP contribution in [-0.2, 0) is 9.53 Å². The lowest BCUT2D eigenvalue weighted by Gasteiger charge is -2.35. The molecular formula is C25H23ClN4O2S. The zero-order valence-electron chi connectivity index (χ0n) is 18.3. The number of benzene rings is 2. The fourth-order valence-corrected chi connectivity index (χ4v) is 5.09. The maximum absolute atomic E-state index is 12.8. The third kappa shape index (κ3) is 4.76. The third-order valence-corrected chi connectivity index (χ3v) is 6.76. The lowest BCUT2D eigenvalue weighted by molar-refractivity contribution is -0.113. The largest absolute Gasteiger partial charge is 0.372 e. The number of amidine groups is 1. The van der Waals surface area contributed by atoms with Gasteiger partial charge in [-0.15, -0.1) is 0 Å². The van der Waals surface area contributed by atoms with Crippen LogP contribution in [0.4, 0.5) is 0 Å². The summed E-state index contributed by atoms with van der Waals surface area (Å²) in [7, 11) is 0. The van der Waals surface area contributed by atoms with Crippen LogP contribution in [0.15, 0.2) is 70.7 Å². The molecule has 33 heavy (non-hydrogen) atoms. The number of hydrogen-bond donors (Lipinski definition) is 0. The molecule has 1 amide bonds. The van der Waals surface area contributed by atoms with E-state index in [2.05, 4.69) is 9.89 Å². The lowest BCUT2D eigenvalue weighted by Crippen LogP contribution is -2.47. The monoisotopic (exact) mass is 478 g/mol. The van der Waals surface area contributed by atoms with Crippen LogP contribution < -0.4 is 0 Å². The molecule has 168 valence electrons. The summed E-state index contributed by atoms with van der Waals surface area (Å²) in [4.78, 5) is 19.8. The van der Waals surface area contributed by atoms with Crippen molar-refractivity contribution >= 4 is 40.5 Å². The second kappa shape index (κ2) is 9.17. The molecule has 0 N–H and O–H groups in total. The van der Waals surface area contributed by atoms with Gasteiger partial charge in [0.25, 0.3) is 5.91 Å². The van der Waals surface area contributed by atoms with Crippen LogP contribution in [0.25, 0.3) is 23.0 Å². The van der Waals surface area contributed by atoms with Crippen molar-refractivity contribution in [2.75, 3.05) is 13.1 Å².